The Hall–Kier alpha value is -2.48. The SMILES string of the molecule is CC(C)Cc1nnc(NC(=O)c2ccc(OCC(=O)N3C(C)CCCC3C)cc2)s1. The van der Waals surface area contributed by atoms with E-state index < -0.39 is 0 Å². The van der Waals surface area contributed by atoms with Crippen molar-refractivity contribution in [3.8, 4) is 5.75 Å². The monoisotopic (exact) mass is 430 g/mol. The van der Waals surface area contributed by atoms with Gasteiger partial charge in [-0.2, -0.15) is 0 Å². The maximum atomic E-state index is 12.6. The summed E-state index contributed by atoms with van der Waals surface area (Å²) < 4.78 is 5.67. The summed E-state index contributed by atoms with van der Waals surface area (Å²) in [6.07, 6.45) is 4.07. The van der Waals surface area contributed by atoms with Crippen LogP contribution in [0.1, 0.15) is 62.3 Å². The van der Waals surface area contributed by atoms with Gasteiger partial charge in [-0.15, -0.1) is 10.2 Å². The van der Waals surface area contributed by atoms with Crippen molar-refractivity contribution < 1.29 is 14.3 Å². The molecule has 1 saturated heterocycles. The van der Waals surface area contributed by atoms with Crippen molar-refractivity contribution in [1.82, 2.24) is 15.1 Å². The highest BCUT2D eigenvalue weighted by atomic mass is 32.1. The largest absolute Gasteiger partial charge is 0.484 e. The Kier molecular flexibility index (Phi) is 7.42. The number of amides is 2. The molecule has 0 aliphatic carbocycles. The van der Waals surface area contributed by atoms with Crippen molar-refractivity contribution >= 4 is 28.3 Å². The summed E-state index contributed by atoms with van der Waals surface area (Å²) in [4.78, 5) is 26.9. The van der Waals surface area contributed by atoms with Crippen molar-refractivity contribution in [2.24, 2.45) is 5.92 Å². The third-order valence-electron chi connectivity index (χ3n) is 5.23. The lowest BCUT2D eigenvalue weighted by atomic mass is 9.97. The van der Waals surface area contributed by atoms with E-state index in [1.165, 1.54) is 11.3 Å². The van der Waals surface area contributed by atoms with E-state index in [1.54, 1.807) is 24.3 Å². The molecule has 1 aromatic carbocycles. The van der Waals surface area contributed by atoms with Gasteiger partial charge in [0.1, 0.15) is 10.8 Å². The van der Waals surface area contributed by atoms with Crippen molar-refractivity contribution in [2.45, 2.75) is 65.5 Å². The van der Waals surface area contributed by atoms with Crippen LogP contribution < -0.4 is 10.1 Å². The summed E-state index contributed by atoms with van der Waals surface area (Å²) in [5.74, 6) is 0.806. The van der Waals surface area contributed by atoms with E-state index in [1.807, 2.05) is 4.90 Å². The molecule has 2 heterocycles. The first-order valence-corrected chi connectivity index (χ1v) is 11.3. The number of anilines is 1. The average molecular weight is 431 g/mol. The number of benzene rings is 1. The maximum absolute atomic E-state index is 12.6. The standard InChI is InChI=1S/C22H30N4O3S/c1-14(2)12-19-24-25-22(30-19)23-21(28)17-8-10-18(11-9-17)29-13-20(27)26-15(3)6-5-7-16(26)4/h8-11,14-16H,5-7,12-13H2,1-4H3,(H,23,25,28). The van der Waals surface area contributed by atoms with Crippen LogP contribution in [-0.2, 0) is 11.2 Å². The van der Waals surface area contributed by atoms with Crippen LogP contribution in [0.3, 0.4) is 0 Å². The lowest BCUT2D eigenvalue weighted by Gasteiger charge is -2.38. The van der Waals surface area contributed by atoms with Crippen molar-refractivity contribution in [2.75, 3.05) is 11.9 Å². The van der Waals surface area contributed by atoms with Gasteiger partial charge in [-0.05, 0) is 63.3 Å². The predicted octanol–water partition coefficient (Wildman–Crippen LogP) is 4.16. The summed E-state index contributed by atoms with van der Waals surface area (Å²) >= 11 is 1.39. The van der Waals surface area contributed by atoms with Crippen molar-refractivity contribution in [3.63, 3.8) is 0 Å². The number of nitrogens with zero attached hydrogens (tertiary/aromatic N) is 3. The number of carbonyl (C=O) groups is 2. The first-order valence-electron chi connectivity index (χ1n) is 10.5. The van der Waals surface area contributed by atoms with E-state index in [4.69, 9.17) is 4.74 Å². The zero-order valence-electron chi connectivity index (χ0n) is 18.1. The van der Waals surface area contributed by atoms with Crippen LogP contribution in [0.2, 0.25) is 0 Å². The van der Waals surface area contributed by atoms with Gasteiger partial charge < -0.3 is 9.64 Å². The van der Waals surface area contributed by atoms with Gasteiger partial charge in [-0.25, -0.2) is 0 Å². The van der Waals surface area contributed by atoms with Gasteiger partial charge in [0, 0.05) is 24.1 Å². The number of rotatable bonds is 7. The lowest BCUT2D eigenvalue weighted by Crippen LogP contribution is -2.49. The summed E-state index contributed by atoms with van der Waals surface area (Å²) in [5.41, 5.74) is 0.493. The Morgan fingerprint density at radius 3 is 2.47 bits per heavy atom. The Morgan fingerprint density at radius 1 is 1.17 bits per heavy atom. The quantitative estimate of drug-likeness (QED) is 0.713. The van der Waals surface area contributed by atoms with Crippen LogP contribution in [0.15, 0.2) is 24.3 Å². The molecule has 2 atom stereocenters. The molecule has 0 saturated carbocycles. The first-order chi connectivity index (χ1) is 14.3. The Labute approximate surface area is 181 Å². The Bertz CT molecular complexity index is 856. The highest BCUT2D eigenvalue weighted by Crippen LogP contribution is 2.23. The van der Waals surface area contributed by atoms with Crippen LogP contribution in [0.4, 0.5) is 5.13 Å². The normalized spacial score (nSPS) is 19.0. The molecular formula is C22H30N4O3S. The molecule has 8 heteroatoms. The van der Waals surface area contributed by atoms with Gasteiger partial charge in [0.2, 0.25) is 5.13 Å². The van der Waals surface area contributed by atoms with Gasteiger partial charge in [0.25, 0.3) is 11.8 Å². The number of nitrogens with one attached hydrogen (secondary N) is 1. The topological polar surface area (TPSA) is 84.4 Å². The van der Waals surface area contributed by atoms with E-state index in [0.717, 1.165) is 30.7 Å². The molecule has 1 fully saturated rings. The predicted molar refractivity (Wildman–Crippen MR) is 118 cm³/mol. The van der Waals surface area contributed by atoms with Gasteiger partial charge in [0.15, 0.2) is 6.61 Å². The van der Waals surface area contributed by atoms with Gasteiger partial charge in [-0.3, -0.25) is 14.9 Å². The van der Waals surface area contributed by atoms with Crippen LogP contribution in [0.5, 0.6) is 5.75 Å². The van der Waals surface area contributed by atoms with Gasteiger partial charge in [-0.1, -0.05) is 25.2 Å². The van der Waals surface area contributed by atoms with Crippen LogP contribution >= 0.6 is 11.3 Å². The molecule has 7 nitrogen and oxygen atoms in total. The molecule has 2 aromatic rings. The van der Waals surface area contributed by atoms with Crippen molar-refractivity contribution in [3.05, 3.63) is 34.8 Å². The van der Waals surface area contributed by atoms with E-state index in [2.05, 4.69) is 43.2 Å². The number of carbonyl (C=O) groups excluding carboxylic acids is 2. The number of piperidine rings is 1. The number of hydrogen-bond acceptors (Lipinski definition) is 6. The molecule has 3 rings (SSSR count). The fraction of sp³-hybridized carbons (Fsp3) is 0.545. The second kappa shape index (κ2) is 10.0. The lowest BCUT2D eigenvalue weighted by molar-refractivity contribution is -0.139. The highest BCUT2D eigenvalue weighted by molar-refractivity contribution is 7.15. The molecule has 0 radical (unpaired) electrons. The zero-order valence-corrected chi connectivity index (χ0v) is 18.9. The molecule has 30 heavy (non-hydrogen) atoms. The molecule has 1 aliphatic heterocycles. The molecule has 162 valence electrons. The smallest absolute Gasteiger partial charge is 0.260 e. The van der Waals surface area contributed by atoms with Crippen LogP contribution in [0, 0.1) is 5.92 Å². The molecule has 1 aliphatic rings. The van der Waals surface area contributed by atoms with Crippen molar-refractivity contribution in [1.29, 1.82) is 0 Å². The second-order valence-electron chi connectivity index (χ2n) is 8.30. The van der Waals surface area contributed by atoms with E-state index >= 15 is 0 Å². The van der Waals surface area contributed by atoms with Crippen LogP contribution in [-0.4, -0.2) is 45.6 Å². The van der Waals surface area contributed by atoms with Gasteiger partial charge >= 0.3 is 0 Å². The number of aromatic nitrogens is 2. The first kappa shape index (κ1) is 22.2. The third-order valence-corrected chi connectivity index (χ3v) is 6.09. The van der Waals surface area contributed by atoms with Gasteiger partial charge in [0.05, 0.1) is 0 Å². The minimum Gasteiger partial charge on any atom is -0.484 e. The van der Waals surface area contributed by atoms with E-state index in [0.29, 0.717) is 22.4 Å². The molecule has 2 amide bonds. The molecule has 0 bridgehead atoms. The molecule has 1 aromatic heterocycles. The molecule has 1 N–H and O–H groups in total. The average Bonchev–Trinajstić information content (AvgIpc) is 3.12. The van der Waals surface area contributed by atoms with E-state index in [9.17, 15) is 9.59 Å². The molecule has 2 unspecified atom stereocenters. The summed E-state index contributed by atoms with van der Waals surface area (Å²) in [5, 5.41) is 12.3. The fourth-order valence-corrected chi connectivity index (χ4v) is 4.69. The fourth-order valence-electron chi connectivity index (χ4n) is 3.74. The number of hydrogen-bond donors (Lipinski definition) is 1. The van der Waals surface area contributed by atoms with E-state index in [-0.39, 0.29) is 30.5 Å². The number of likely N-dealkylation sites (tertiary alicyclic amines) is 1. The third kappa shape index (κ3) is 5.78. The maximum Gasteiger partial charge on any atom is 0.260 e. The Balaban J connectivity index is 1.52. The summed E-state index contributed by atoms with van der Waals surface area (Å²) in [6, 6.07) is 7.26. The minimum absolute atomic E-state index is 0.00361. The minimum atomic E-state index is -0.249. The Morgan fingerprint density at radius 2 is 1.83 bits per heavy atom. The highest BCUT2D eigenvalue weighted by Gasteiger charge is 2.29. The molecule has 0 spiro atoms. The molecular weight excluding hydrogens is 400 g/mol. The zero-order chi connectivity index (χ0) is 21.7. The number of ether oxygens (including phenoxy) is 1. The second-order valence-corrected chi connectivity index (χ2v) is 9.36. The van der Waals surface area contributed by atoms with Crippen LogP contribution in [0.25, 0.3) is 0 Å². The summed E-state index contributed by atoms with van der Waals surface area (Å²) in [6.45, 7) is 8.41. The summed E-state index contributed by atoms with van der Waals surface area (Å²) in [7, 11) is 0.